The van der Waals surface area contributed by atoms with Crippen LogP contribution in [-0.2, 0) is 6.54 Å². The van der Waals surface area contributed by atoms with E-state index in [1.54, 1.807) is 17.0 Å². The highest BCUT2D eigenvalue weighted by molar-refractivity contribution is 5.30. The minimum absolute atomic E-state index is 0.0229. The number of anilines is 1. The lowest BCUT2D eigenvalue weighted by Crippen LogP contribution is -2.26. The quantitative estimate of drug-likeness (QED) is 0.826. The van der Waals surface area contributed by atoms with E-state index in [0.717, 1.165) is 19.5 Å². The van der Waals surface area contributed by atoms with E-state index < -0.39 is 0 Å². The number of aryl methyl sites for hydroxylation is 1. The van der Waals surface area contributed by atoms with E-state index in [2.05, 4.69) is 38.0 Å². The van der Waals surface area contributed by atoms with Crippen molar-refractivity contribution < 1.29 is 0 Å². The molecule has 0 aliphatic rings. The van der Waals surface area contributed by atoms with Gasteiger partial charge in [-0.1, -0.05) is 27.7 Å². The highest BCUT2D eigenvalue weighted by Gasteiger charge is 2.09. The third-order valence-electron chi connectivity index (χ3n) is 3.11. The van der Waals surface area contributed by atoms with Gasteiger partial charge < -0.3 is 9.88 Å². The minimum atomic E-state index is -0.0229. The van der Waals surface area contributed by atoms with Gasteiger partial charge in [0.05, 0.1) is 0 Å². The van der Waals surface area contributed by atoms with E-state index in [4.69, 9.17) is 0 Å². The van der Waals surface area contributed by atoms with E-state index >= 15 is 0 Å². The number of nitrogens with one attached hydrogen (secondary N) is 1. The molecule has 0 aliphatic carbocycles. The van der Waals surface area contributed by atoms with E-state index in [9.17, 15) is 4.79 Å². The van der Waals surface area contributed by atoms with Crippen LogP contribution in [0.1, 0.15) is 34.1 Å². The molecule has 1 aromatic rings. The largest absolute Gasteiger partial charge is 0.365 e. The summed E-state index contributed by atoms with van der Waals surface area (Å²) in [4.78, 5) is 16.1. The molecule has 0 radical (unpaired) electrons. The molecule has 0 bridgehead atoms. The van der Waals surface area contributed by atoms with Gasteiger partial charge in [0.15, 0.2) is 5.82 Å². The molecule has 17 heavy (non-hydrogen) atoms. The van der Waals surface area contributed by atoms with Crippen LogP contribution in [0.3, 0.4) is 0 Å². The maximum Gasteiger partial charge on any atom is 0.293 e. The highest BCUT2D eigenvalue weighted by Crippen LogP contribution is 2.09. The van der Waals surface area contributed by atoms with Crippen LogP contribution in [0.4, 0.5) is 5.82 Å². The monoisotopic (exact) mass is 237 g/mol. The van der Waals surface area contributed by atoms with Gasteiger partial charge in [-0.25, -0.2) is 4.98 Å². The van der Waals surface area contributed by atoms with E-state index in [0.29, 0.717) is 17.7 Å². The summed E-state index contributed by atoms with van der Waals surface area (Å²) in [7, 11) is 0. The average Bonchev–Trinajstić information content (AvgIpc) is 2.30. The van der Waals surface area contributed by atoms with Crippen molar-refractivity contribution in [2.24, 2.45) is 11.8 Å². The molecule has 0 amide bonds. The molecular weight excluding hydrogens is 214 g/mol. The lowest BCUT2D eigenvalue weighted by atomic mass is 9.98. The van der Waals surface area contributed by atoms with Crippen molar-refractivity contribution in [3.63, 3.8) is 0 Å². The van der Waals surface area contributed by atoms with Crippen LogP contribution in [0, 0.1) is 11.8 Å². The summed E-state index contributed by atoms with van der Waals surface area (Å²) in [6.45, 7) is 10.1. The zero-order chi connectivity index (χ0) is 12.8. The van der Waals surface area contributed by atoms with Crippen molar-refractivity contribution in [1.29, 1.82) is 0 Å². The third kappa shape index (κ3) is 3.88. The van der Waals surface area contributed by atoms with Gasteiger partial charge >= 0.3 is 0 Å². The molecule has 1 aromatic heterocycles. The minimum Gasteiger partial charge on any atom is -0.365 e. The second-order valence-corrected chi connectivity index (χ2v) is 4.88. The van der Waals surface area contributed by atoms with Crippen molar-refractivity contribution >= 4 is 5.82 Å². The van der Waals surface area contributed by atoms with Gasteiger partial charge in [0.25, 0.3) is 5.56 Å². The molecule has 0 aromatic carbocycles. The summed E-state index contributed by atoms with van der Waals surface area (Å²) in [6, 6.07) is 0. The summed E-state index contributed by atoms with van der Waals surface area (Å²) < 4.78 is 1.70. The Morgan fingerprint density at radius 1 is 1.41 bits per heavy atom. The standard InChI is InChI=1S/C13H23N3O/c1-5-7-16-8-6-14-12(13(16)17)15-9-11(4)10(2)3/h6,8,10-11H,5,7,9H2,1-4H3,(H,14,15). The Bertz CT molecular complexity index is 398. The van der Waals surface area contributed by atoms with E-state index in [1.807, 2.05) is 0 Å². The second kappa shape index (κ2) is 6.42. The number of rotatable bonds is 6. The first-order chi connectivity index (χ1) is 8.06. The van der Waals surface area contributed by atoms with Gasteiger partial charge in [-0.3, -0.25) is 4.79 Å². The van der Waals surface area contributed by atoms with Crippen LogP contribution < -0.4 is 10.9 Å². The van der Waals surface area contributed by atoms with Crippen LogP contribution in [-0.4, -0.2) is 16.1 Å². The number of aromatic nitrogens is 2. The first-order valence-electron chi connectivity index (χ1n) is 6.35. The van der Waals surface area contributed by atoms with Gasteiger partial charge in [-0.15, -0.1) is 0 Å². The molecule has 4 nitrogen and oxygen atoms in total. The second-order valence-electron chi connectivity index (χ2n) is 4.88. The topological polar surface area (TPSA) is 46.9 Å². The molecule has 96 valence electrons. The molecule has 1 unspecified atom stereocenters. The van der Waals surface area contributed by atoms with Crippen LogP contribution in [0.25, 0.3) is 0 Å². The van der Waals surface area contributed by atoms with Crippen LogP contribution in [0.15, 0.2) is 17.2 Å². The summed E-state index contributed by atoms with van der Waals surface area (Å²) in [5, 5.41) is 3.15. The Morgan fingerprint density at radius 2 is 2.12 bits per heavy atom. The Labute approximate surface area is 103 Å². The number of hydrogen-bond acceptors (Lipinski definition) is 3. The Morgan fingerprint density at radius 3 is 2.71 bits per heavy atom. The fourth-order valence-corrected chi connectivity index (χ4v) is 1.48. The molecule has 4 heteroatoms. The molecule has 0 fully saturated rings. The molecule has 0 aliphatic heterocycles. The van der Waals surface area contributed by atoms with Crippen LogP contribution in [0.2, 0.25) is 0 Å². The fraction of sp³-hybridized carbons (Fsp3) is 0.692. The van der Waals surface area contributed by atoms with Crippen molar-refractivity contribution in [1.82, 2.24) is 9.55 Å². The zero-order valence-corrected chi connectivity index (χ0v) is 11.2. The number of hydrogen-bond donors (Lipinski definition) is 1. The maximum absolute atomic E-state index is 12.0. The molecule has 1 rings (SSSR count). The van der Waals surface area contributed by atoms with Gasteiger partial charge in [-0.2, -0.15) is 0 Å². The molecule has 0 saturated heterocycles. The Balaban J connectivity index is 2.72. The molecule has 1 heterocycles. The number of nitrogens with zero attached hydrogens (tertiary/aromatic N) is 2. The molecule has 0 spiro atoms. The molecular formula is C13H23N3O. The van der Waals surface area contributed by atoms with Crippen molar-refractivity contribution in [2.75, 3.05) is 11.9 Å². The lowest BCUT2D eigenvalue weighted by Gasteiger charge is -2.16. The average molecular weight is 237 g/mol. The maximum atomic E-state index is 12.0. The highest BCUT2D eigenvalue weighted by atomic mass is 16.1. The third-order valence-corrected chi connectivity index (χ3v) is 3.11. The first-order valence-corrected chi connectivity index (χ1v) is 6.35. The van der Waals surface area contributed by atoms with E-state index in [1.165, 1.54) is 0 Å². The smallest absolute Gasteiger partial charge is 0.293 e. The van der Waals surface area contributed by atoms with E-state index in [-0.39, 0.29) is 5.56 Å². The summed E-state index contributed by atoms with van der Waals surface area (Å²) in [5.41, 5.74) is -0.0229. The summed E-state index contributed by atoms with van der Waals surface area (Å²) in [5.74, 6) is 1.59. The Kier molecular flexibility index (Phi) is 5.19. The molecule has 1 atom stereocenters. The normalized spacial score (nSPS) is 12.8. The summed E-state index contributed by atoms with van der Waals surface area (Å²) >= 11 is 0. The Hall–Kier alpha value is -1.32. The summed E-state index contributed by atoms with van der Waals surface area (Å²) in [6.07, 6.45) is 4.37. The zero-order valence-electron chi connectivity index (χ0n) is 11.2. The van der Waals surface area contributed by atoms with Gasteiger partial charge in [0, 0.05) is 25.5 Å². The SMILES string of the molecule is CCCn1ccnc(NCC(C)C(C)C)c1=O. The van der Waals surface area contributed by atoms with Gasteiger partial charge in [0.2, 0.25) is 0 Å². The van der Waals surface area contributed by atoms with Crippen molar-refractivity contribution in [3.8, 4) is 0 Å². The van der Waals surface area contributed by atoms with Crippen molar-refractivity contribution in [2.45, 2.75) is 40.7 Å². The van der Waals surface area contributed by atoms with Crippen LogP contribution >= 0.6 is 0 Å². The van der Waals surface area contributed by atoms with Gasteiger partial charge in [0.1, 0.15) is 0 Å². The van der Waals surface area contributed by atoms with Crippen LogP contribution in [0.5, 0.6) is 0 Å². The lowest BCUT2D eigenvalue weighted by molar-refractivity contribution is 0.439. The van der Waals surface area contributed by atoms with Gasteiger partial charge in [-0.05, 0) is 18.3 Å². The predicted molar refractivity (Wildman–Crippen MR) is 71.3 cm³/mol. The predicted octanol–water partition coefficient (Wildman–Crippen LogP) is 2.36. The molecule has 0 saturated carbocycles. The molecule has 1 N–H and O–H groups in total. The first kappa shape index (κ1) is 13.7. The fourth-order valence-electron chi connectivity index (χ4n) is 1.48. The van der Waals surface area contributed by atoms with Crippen molar-refractivity contribution in [3.05, 3.63) is 22.7 Å².